The molecule has 0 saturated heterocycles. The Morgan fingerprint density at radius 2 is 2.10 bits per heavy atom. The molecule has 6 heteroatoms. The van der Waals surface area contributed by atoms with Gasteiger partial charge in [-0.2, -0.15) is 0 Å². The molecule has 3 rings (SSSR count). The van der Waals surface area contributed by atoms with E-state index in [1.54, 1.807) is 24.4 Å². The Kier molecular flexibility index (Phi) is 3.48. The Bertz CT molecular complexity index is 827. The Morgan fingerprint density at radius 3 is 2.86 bits per heavy atom. The molecule has 2 N–H and O–H groups in total. The number of hydrogen-bond donors (Lipinski definition) is 2. The standard InChI is InChI=1S/C15H10BrNO4/c16-11-4-3-9(12-8(11)2-1-6-17-12)13(18)14-10(15(19)20)5-7-21-14/h1-7,13,18H,(H,19,20). The number of carboxylic acid groups (broad SMARTS) is 1. The van der Waals surface area contributed by atoms with Gasteiger partial charge in [-0.25, -0.2) is 4.79 Å². The zero-order valence-corrected chi connectivity index (χ0v) is 12.2. The highest BCUT2D eigenvalue weighted by Crippen LogP contribution is 2.33. The van der Waals surface area contributed by atoms with Crippen molar-refractivity contribution in [2.24, 2.45) is 0 Å². The molecule has 1 aromatic carbocycles. The molecule has 3 aromatic rings. The number of benzene rings is 1. The minimum absolute atomic E-state index is 0.00299. The van der Waals surface area contributed by atoms with E-state index in [2.05, 4.69) is 20.9 Å². The van der Waals surface area contributed by atoms with Crippen LogP contribution in [0.3, 0.4) is 0 Å². The average molecular weight is 348 g/mol. The summed E-state index contributed by atoms with van der Waals surface area (Å²) in [6.07, 6.45) is 1.67. The van der Waals surface area contributed by atoms with E-state index in [9.17, 15) is 9.90 Å². The van der Waals surface area contributed by atoms with Gasteiger partial charge in [-0.05, 0) is 18.2 Å². The maximum atomic E-state index is 11.1. The second-order valence-electron chi connectivity index (χ2n) is 4.44. The number of rotatable bonds is 3. The number of nitrogens with zero attached hydrogens (tertiary/aromatic N) is 1. The van der Waals surface area contributed by atoms with Crippen molar-refractivity contribution >= 4 is 32.8 Å². The third-order valence-electron chi connectivity index (χ3n) is 3.22. The van der Waals surface area contributed by atoms with Crippen molar-refractivity contribution in [3.63, 3.8) is 0 Å². The minimum Gasteiger partial charge on any atom is -0.478 e. The van der Waals surface area contributed by atoms with E-state index in [0.29, 0.717) is 11.1 Å². The minimum atomic E-state index is -1.20. The van der Waals surface area contributed by atoms with Crippen LogP contribution < -0.4 is 0 Å². The van der Waals surface area contributed by atoms with Crippen molar-refractivity contribution in [1.29, 1.82) is 0 Å². The molecule has 0 radical (unpaired) electrons. The summed E-state index contributed by atoms with van der Waals surface area (Å²) in [7, 11) is 0. The number of aromatic carboxylic acids is 1. The van der Waals surface area contributed by atoms with E-state index in [1.165, 1.54) is 12.3 Å². The summed E-state index contributed by atoms with van der Waals surface area (Å²) in [5.74, 6) is -1.15. The monoisotopic (exact) mass is 347 g/mol. The first-order valence-corrected chi connectivity index (χ1v) is 6.90. The summed E-state index contributed by atoms with van der Waals surface area (Å²) in [6, 6.07) is 8.45. The molecule has 0 spiro atoms. The van der Waals surface area contributed by atoms with Crippen molar-refractivity contribution in [3.8, 4) is 0 Å². The van der Waals surface area contributed by atoms with Gasteiger partial charge >= 0.3 is 5.97 Å². The normalized spacial score (nSPS) is 12.5. The summed E-state index contributed by atoms with van der Waals surface area (Å²) in [5.41, 5.74) is 1.02. The number of carbonyl (C=O) groups is 1. The molecule has 1 unspecified atom stereocenters. The number of carboxylic acids is 1. The van der Waals surface area contributed by atoms with E-state index in [0.717, 1.165) is 9.86 Å². The maximum absolute atomic E-state index is 11.1. The third kappa shape index (κ3) is 2.32. The quantitative estimate of drug-likeness (QED) is 0.758. The van der Waals surface area contributed by atoms with Crippen molar-refractivity contribution in [2.75, 3.05) is 0 Å². The predicted molar refractivity (Wildman–Crippen MR) is 79.2 cm³/mol. The summed E-state index contributed by atoms with van der Waals surface area (Å²) in [6.45, 7) is 0. The van der Waals surface area contributed by atoms with E-state index in [-0.39, 0.29) is 11.3 Å². The van der Waals surface area contributed by atoms with Crippen LogP contribution in [0.1, 0.15) is 27.8 Å². The molecule has 21 heavy (non-hydrogen) atoms. The Labute approximate surface area is 128 Å². The van der Waals surface area contributed by atoms with Crippen LogP contribution in [0.2, 0.25) is 0 Å². The van der Waals surface area contributed by atoms with Gasteiger partial charge < -0.3 is 14.6 Å². The lowest BCUT2D eigenvalue weighted by molar-refractivity contribution is 0.0687. The number of hydrogen-bond acceptors (Lipinski definition) is 4. The van der Waals surface area contributed by atoms with Crippen LogP contribution in [0.15, 0.2) is 51.7 Å². The van der Waals surface area contributed by atoms with Crippen molar-refractivity contribution < 1.29 is 19.4 Å². The zero-order chi connectivity index (χ0) is 15.0. The number of furan rings is 1. The molecule has 106 valence electrons. The van der Waals surface area contributed by atoms with Crippen molar-refractivity contribution in [1.82, 2.24) is 4.98 Å². The summed E-state index contributed by atoms with van der Waals surface area (Å²) < 4.78 is 6.00. The highest BCUT2D eigenvalue weighted by atomic mass is 79.9. The van der Waals surface area contributed by atoms with Crippen molar-refractivity contribution in [2.45, 2.75) is 6.10 Å². The molecule has 2 heterocycles. The van der Waals surface area contributed by atoms with E-state index in [1.807, 2.05) is 6.07 Å². The van der Waals surface area contributed by atoms with Gasteiger partial charge in [0.05, 0.1) is 11.8 Å². The first-order valence-electron chi connectivity index (χ1n) is 6.11. The summed E-state index contributed by atoms with van der Waals surface area (Å²) >= 11 is 3.43. The van der Waals surface area contributed by atoms with Crippen LogP contribution in [0.25, 0.3) is 10.9 Å². The van der Waals surface area contributed by atoms with Gasteiger partial charge in [0.1, 0.15) is 11.7 Å². The second kappa shape index (κ2) is 5.31. The van der Waals surface area contributed by atoms with Crippen molar-refractivity contribution in [3.05, 3.63) is 64.2 Å². The zero-order valence-electron chi connectivity index (χ0n) is 10.7. The van der Waals surface area contributed by atoms with Crippen LogP contribution >= 0.6 is 15.9 Å². The van der Waals surface area contributed by atoms with Gasteiger partial charge in [0.15, 0.2) is 5.76 Å². The Balaban J connectivity index is 2.18. The SMILES string of the molecule is O=C(O)c1ccoc1C(O)c1ccc(Br)c2cccnc12. The van der Waals surface area contributed by atoms with Gasteiger partial charge in [0, 0.05) is 21.6 Å². The van der Waals surface area contributed by atoms with E-state index >= 15 is 0 Å². The lowest BCUT2D eigenvalue weighted by Gasteiger charge is -2.12. The molecule has 0 saturated carbocycles. The number of aliphatic hydroxyl groups is 1. The van der Waals surface area contributed by atoms with E-state index in [4.69, 9.17) is 9.52 Å². The fourth-order valence-electron chi connectivity index (χ4n) is 2.23. The lowest BCUT2D eigenvalue weighted by atomic mass is 10.0. The fourth-order valence-corrected chi connectivity index (χ4v) is 2.68. The summed E-state index contributed by atoms with van der Waals surface area (Å²) in [4.78, 5) is 15.4. The highest BCUT2D eigenvalue weighted by molar-refractivity contribution is 9.10. The number of aromatic nitrogens is 1. The first kappa shape index (κ1) is 13.8. The molecule has 0 aliphatic heterocycles. The van der Waals surface area contributed by atoms with Crippen LogP contribution in [0, 0.1) is 0 Å². The molecule has 0 amide bonds. The van der Waals surface area contributed by atoms with Gasteiger partial charge in [-0.15, -0.1) is 0 Å². The number of fused-ring (bicyclic) bond motifs is 1. The van der Waals surface area contributed by atoms with Crippen LogP contribution in [-0.2, 0) is 0 Å². The number of halogens is 1. The lowest BCUT2D eigenvalue weighted by Crippen LogP contribution is -2.06. The molecule has 0 fully saturated rings. The van der Waals surface area contributed by atoms with Gasteiger partial charge in [0.2, 0.25) is 0 Å². The van der Waals surface area contributed by atoms with Gasteiger partial charge in [-0.3, -0.25) is 4.98 Å². The number of pyridine rings is 1. The van der Waals surface area contributed by atoms with Crippen LogP contribution in [0.4, 0.5) is 0 Å². The van der Waals surface area contributed by atoms with Crippen LogP contribution in [-0.4, -0.2) is 21.2 Å². The Hall–Kier alpha value is -2.18. The molecule has 5 nitrogen and oxygen atoms in total. The molecular formula is C15H10BrNO4. The van der Waals surface area contributed by atoms with E-state index < -0.39 is 12.1 Å². The first-order chi connectivity index (χ1) is 10.1. The van der Waals surface area contributed by atoms with Crippen LogP contribution in [0.5, 0.6) is 0 Å². The molecule has 0 aliphatic carbocycles. The third-order valence-corrected chi connectivity index (χ3v) is 3.91. The van der Waals surface area contributed by atoms with Gasteiger partial charge in [-0.1, -0.05) is 28.1 Å². The molecule has 0 bridgehead atoms. The molecule has 1 atom stereocenters. The highest BCUT2D eigenvalue weighted by Gasteiger charge is 2.24. The maximum Gasteiger partial charge on any atom is 0.339 e. The fraction of sp³-hybridized carbons (Fsp3) is 0.0667. The average Bonchev–Trinajstić information content (AvgIpc) is 2.97. The topological polar surface area (TPSA) is 83.6 Å². The largest absolute Gasteiger partial charge is 0.478 e. The molecule has 2 aromatic heterocycles. The predicted octanol–water partition coefficient (Wildman–Crippen LogP) is 3.37. The smallest absolute Gasteiger partial charge is 0.339 e. The molecule has 0 aliphatic rings. The Morgan fingerprint density at radius 1 is 1.29 bits per heavy atom. The summed E-state index contributed by atoms with van der Waals surface area (Å²) in [5, 5.41) is 20.4. The second-order valence-corrected chi connectivity index (χ2v) is 5.30. The number of aliphatic hydroxyl groups excluding tert-OH is 1. The van der Waals surface area contributed by atoms with Gasteiger partial charge in [0.25, 0.3) is 0 Å². The molecular weight excluding hydrogens is 338 g/mol.